The van der Waals surface area contributed by atoms with Crippen LogP contribution < -0.4 is 71.2 Å². The maximum Gasteiger partial charge on any atom is 0.316 e. The molecule has 0 aromatic carbocycles. The van der Waals surface area contributed by atoms with E-state index in [-0.39, 0.29) is 25.3 Å². The summed E-state index contributed by atoms with van der Waals surface area (Å²) in [5.41, 5.74) is 27.6. The summed E-state index contributed by atoms with van der Waals surface area (Å²) in [7, 11) is 0. The summed E-state index contributed by atoms with van der Waals surface area (Å²) in [6, 6.07) is -8.54. The molecule has 2 rings (SSSR count). The second-order valence-corrected chi connectivity index (χ2v) is 10.7. The molecule has 22 heteroatoms. The number of hydrogen-bond acceptors (Lipinski definition) is 14. The Morgan fingerprint density at radius 2 is 1.72 bits per heavy atom. The van der Waals surface area contributed by atoms with Crippen LogP contribution in [0.4, 0.5) is 4.79 Å². The molecule has 1 saturated heterocycles. The molecular formula is C25H44N14O8. The van der Waals surface area contributed by atoms with Crippen LogP contribution in [0.15, 0.2) is 16.9 Å². The topological polar surface area (TPSA) is 378 Å². The third-order valence-electron chi connectivity index (χ3n) is 6.90. The molecule has 8 amide bonds. The molecule has 262 valence electrons. The van der Waals surface area contributed by atoms with E-state index in [0.717, 1.165) is 6.20 Å². The third-order valence-corrected chi connectivity index (χ3v) is 6.90. The molecule has 2 aliphatic heterocycles. The lowest BCUT2D eigenvalue weighted by Crippen LogP contribution is -2.64. The van der Waals surface area contributed by atoms with E-state index >= 15 is 0 Å². The highest BCUT2D eigenvalue weighted by Crippen LogP contribution is 2.07. The minimum Gasteiger partial charge on any atom is -0.394 e. The van der Waals surface area contributed by atoms with Gasteiger partial charge in [0.15, 0.2) is 5.96 Å². The second-order valence-electron chi connectivity index (χ2n) is 10.7. The first-order valence-electron chi connectivity index (χ1n) is 14.7. The van der Waals surface area contributed by atoms with Crippen molar-refractivity contribution in [2.24, 2.45) is 33.7 Å². The predicted molar refractivity (Wildman–Crippen MR) is 165 cm³/mol. The summed E-state index contributed by atoms with van der Waals surface area (Å²) >= 11 is 0. The van der Waals surface area contributed by atoms with Gasteiger partial charge in [-0.1, -0.05) is 0 Å². The summed E-state index contributed by atoms with van der Waals surface area (Å²) in [4.78, 5) is 93.9. The molecule has 2 aliphatic rings. The second kappa shape index (κ2) is 18.8. The van der Waals surface area contributed by atoms with Gasteiger partial charge in [-0.3, -0.25) is 33.8 Å². The molecule has 0 radical (unpaired) electrons. The molecule has 47 heavy (non-hydrogen) atoms. The predicted octanol–water partition coefficient (Wildman–Crippen LogP) is -8.23. The van der Waals surface area contributed by atoms with Crippen molar-refractivity contribution in [2.45, 2.75) is 61.9 Å². The fourth-order valence-corrected chi connectivity index (χ4v) is 4.35. The highest BCUT2D eigenvalue weighted by Gasteiger charge is 2.35. The van der Waals surface area contributed by atoms with Crippen LogP contribution in [0, 0.1) is 0 Å². The highest BCUT2D eigenvalue weighted by molar-refractivity contribution is 6.02. The standard InChI is InChI=1S/C25H44N14O8/c26-4-1-2-11(27)6-17(41)32-8-14-20(43)35-15(9-34-25(30)47)21(44)39-18(13-3-5-31-24(29)38-13)23(46)33-7-12(28)19(42)37-16(10-40)22(45)36-14/h9,11-14,16,18,40H,1-8,10,26-28H2,(H,32,41)(H,33,46)(H,35,43)(H,36,45)(H,37,42)(H,39,44)(H3,29,31,38)(H3,30,34,47)/b15-9-/t11-,12-,13-,14+,16+,18+/m1/s1. The van der Waals surface area contributed by atoms with Gasteiger partial charge in [0.1, 0.15) is 29.9 Å². The number of nitrogens with zero attached hydrogens (tertiary/aromatic N) is 1. The van der Waals surface area contributed by atoms with Crippen molar-refractivity contribution < 1.29 is 38.7 Å². The molecule has 0 bridgehead atoms. The Labute approximate surface area is 269 Å². The number of urea groups is 1. The Bertz CT molecular complexity index is 1240. The Balaban J connectivity index is 2.45. The molecule has 0 saturated carbocycles. The van der Waals surface area contributed by atoms with Crippen molar-refractivity contribution in [1.82, 2.24) is 42.5 Å². The van der Waals surface area contributed by atoms with E-state index in [1.54, 1.807) is 0 Å². The zero-order valence-corrected chi connectivity index (χ0v) is 25.5. The maximum atomic E-state index is 13.5. The van der Waals surface area contributed by atoms with Gasteiger partial charge in [-0.05, 0) is 25.8 Å². The molecule has 1 fully saturated rings. The number of carbonyl (C=O) groups is 7. The van der Waals surface area contributed by atoms with Gasteiger partial charge in [-0.15, -0.1) is 0 Å². The number of carbonyl (C=O) groups excluding carboxylic acids is 7. The van der Waals surface area contributed by atoms with Gasteiger partial charge in [-0.25, -0.2) is 4.79 Å². The van der Waals surface area contributed by atoms with Crippen LogP contribution in [-0.4, -0.2) is 122 Å². The molecule has 0 aliphatic carbocycles. The molecular weight excluding hydrogens is 624 g/mol. The van der Waals surface area contributed by atoms with Crippen LogP contribution in [0.25, 0.3) is 0 Å². The number of hydrogen-bond donors (Lipinski definition) is 14. The number of nitrogens with one attached hydrogen (secondary N) is 8. The van der Waals surface area contributed by atoms with Crippen LogP contribution in [0.1, 0.15) is 25.7 Å². The minimum absolute atomic E-state index is 0.0120. The van der Waals surface area contributed by atoms with E-state index in [2.05, 4.69) is 42.2 Å². The van der Waals surface area contributed by atoms with E-state index in [9.17, 15) is 38.7 Å². The van der Waals surface area contributed by atoms with Crippen molar-refractivity contribution in [3.8, 4) is 0 Å². The van der Waals surface area contributed by atoms with Crippen molar-refractivity contribution in [1.29, 1.82) is 0 Å². The number of guanidine groups is 1. The third kappa shape index (κ3) is 12.7. The largest absolute Gasteiger partial charge is 0.394 e. The SMILES string of the molecule is NCCC[C@@H](N)CC(=O)NC[C@@H]1NC(=O)[C@H](CO)NC(=O)[C@H](N)CNC(=O)[C@H]([C@H]2CCN=C(N)N2)NC(=O)/C(=C/NC(N)=O)NC1=O. The number of nitrogens with two attached hydrogens (primary N) is 5. The fourth-order valence-electron chi connectivity index (χ4n) is 4.35. The van der Waals surface area contributed by atoms with Crippen molar-refractivity contribution in [3.63, 3.8) is 0 Å². The highest BCUT2D eigenvalue weighted by atomic mass is 16.3. The van der Waals surface area contributed by atoms with Crippen LogP contribution >= 0.6 is 0 Å². The van der Waals surface area contributed by atoms with E-state index in [0.29, 0.717) is 19.4 Å². The van der Waals surface area contributed by atoms with Crippen LogP contribution in [0.5, 0.6) is 0 Å². The first kappa shape index (κ1) is 38.1. The molecule has 0 spiro atoms. The zero-order chi connectivity index (χ0) is 35.1. The zero-order valence-electron chi connectivity index (χ0n) is 25.5. The van der Waals surface area contributed by atoms with Gasteiger partial charge in [0.25, 0.3) is 5.91 Å². The lowest BCUT2D eigenvalue weighted by molar-refractivity contribution is -0.134. The quantitative estimate of drug-likeness (QED) is 0.0963. The summed E-state index contributed by atoms with van der Waals surface area (Å²) < 4.78 is 0. The number of rotatable bonds is 10. The summed E-state index contributed by atoms with van der Waals surface area (Å²) in [5.74, 6) is -5.62. The summed E-state index contributed by atoms with van der Waals surface area (Å²) in [6.07, 6.45) is 1.86. The molecule has 6 atom stereocenters. The Morgan fingerprint density at radius 3 is 2.36 bits per heavy atom. The lowest BCUT2D eigenvalue weighted by Gasteiger charge is -2.31. The Hall–Kier alpha value is -5.06. The Morgan fingerprint density at radius 1 is 1.02 bits per heavy atom. The number of amides is 8. The van der Waals surface area contributed by atoms with Gasteiger partial charge in [0.05, 0.1) is 12.6 Å². The van der Waals surface area contributed by atoms with Crippen molar-refractivity contribution >= 4 is 47.4 Å². The van der Waals surface area contributed by atoms with Crippen LogP contribution in [0.3, 0.4) is 0 Å². The average Bonchev–Trinajstić information content (AvgIpc) is 3.02. The molecule has 0 aromatic rings. The van der Waals surface area contributed by atoms with Gasteiger partial charge in [0, 0.05) is 38.3 Å². The van der Waals surface area contributed by atoms with Gasteiger partial charge in [-0.2, -0.15) is 0 Å². The first-order valence-corrected chi connectivity index (χ1v) is 14.7. The smallest absolute Gasteiger partial charge is 0.316 e. The van der Waals surface area contributed by atoms with Gasteiger partial charge < -0.3 is 76.3 Å². The fraction of sp³-hybridized carbons (Fsp3) is 0.600. The van der Waals surface area contributed by atoms with Crippen molar-refractivity contribution in [2.75, 3.05) is 32.8 Å². The molecule has 19 N–H and O–H groups in total. The van der Waals surface area contributed by atoms with Crippen LogP contribution in [-0.2, 0) is 28.8 Å². The van der Waals surface area contributed by atoms with E-state index in [1.165, 1.54) is 0 Å². The number of aliphatic hydroxyl groups excluding tert-OH is 1. The summed E-state index contributed by atoms with van der Waals surface area (Å²) in [6.45, 7) is -1.36. The van der Waals surface area contributed by atoms with E-state index in [4.69, 9.17) is 28.7 Å². The normalized spacial score (nSPS) is 26.3. The van der Waals surface area contributed by atoms with Gasteiger partial charge in [0.2, 0.25) is 29.5 Å². The monoisotopic (exact) mass is 668 g/mol. The summed E-state index contributed by atoms with van der Waals surface area (Å²) in [5, 5.41) is 28.7. The molecule has 22 nitrogen and oxygen atoms in total. The number of primary amides is 1. The van der Waals surface area contributed by atoms with E-state index in [1.807, 2.05) is 5.32 Å². The van der Waals surface area contributed by atoms with E-state index < -0.39 is 103 Å². The van der Waals surface area contributed by atoms with Gasteiger partial charge >= 0.3 is 6.03 Å². The molecule has 0 aromatic heterocycles. The minimum atomic E-state index is -1.63. The lowest BCUT2D eigenvalue weighted by atomic mass is 10.0. The number of aliphatic hydroxyl groups is 1. The number of aliphatic imine (C=N–C) groups is 1. The first-order chi connectivity index (χ1) is 22.2. The van der Waals surface area contributed by atoms with Crippen molar-refractivity contribution in [3.05, 3.63) is 11.9 Å². The van der Waals surface area contributed by atoms with Crippen LogP contribution in [0.2, 0.25) is 0 Å². The maximum absolute atomic E-state index is 13.5. The Kier molecular flexibility index (Phi) is 15.2. The average molecular weight is 669 g/mol. The molecule has 2 heterocycles. The molecule has 0 unspecified atom stereocenters.